The van der Waals surface area contributed by atoms with Crippen molar-refractivity contribution in [3.8, 4) is 0 Å². The minimum absolute atomic E-state index is 0.278. The Labute approximate surface area is 151 Å². The summed E-state index contributed by atoms with van der Waals surface area (Å²) in [5, 5.41) is 9.32. The van der Waals surface area contributed by atoms with Crippen molar-refractivity contribution in [3.63, 3.8) is 0 Å². The minimum atomic E-state index is -0.339. The van der Waals surface area contributed by atoms with Gasteiger partial charge in [-0.25, -0.2) is 14.4 Å². The molecule has 1 amide bonds. The number of carbonyl (C=O) groups is 1. The number of carbonyl (C=O) groups excluding carboxylic acids is 1. The van der Waals surface area contributed by atoms with Crippen molar-refractivity contribution < 1.29 is 9.18 Å². The Morgan fingerprint density at radius 3 is 2.88 bits per heavy atom. The van der Waals surface area contributed by atoms with Crippen LogP contribution in [-0.4, -0.2) is 30.5 Å². The second-order valence-electron chi connectivity index (χ2n) is 5.64. The predicted molar refractivity (Wildman–Crippen MR) is 94.8 cm³/mol. The van der Waals surface area contributed by atoms with E-state index in [1.807, 2.05) is 6.92 Å². The zero-order valence-electron chi connectivity index (χ0n) is 13.7. The molecule has 0 atom stereocenters. The number of hydrogen-bond donors (Lipinski definition) is 1. The van der Waals surface area contributed by atoms with E-state index in [0.717, 1.165) is 16.3 Å². The molecule has 3 heterocycles. The van der Waals surface area contributed by atoms with Gasteiger partial charge in [0.05, 0.1) is 5.01 Å². The summed E-state index contributed by atoms with van der Waals surface area (Å²) in [5.41, 5.74) is 1.97. The Hall–Kier alpha value is -3.20. The predicted octanol–water partition coefficient (Wildman–Crippen LogP) is 2.87. The first-order chi connectivity index (χ1) is 12.6. The topological polar surface area (TPSA) is 85.1 Å². The molecule has 4 rings (SSSR count). The summed E-state index contributed by atoms with van der Waals surface area (Å²) in [6.45, 7) is 1.81. The normalized spacial score (nSPS) is 11.0. The summed E-state index contributed by atoms with van der Waals surface area (Å²) in [7, 11) is 0. The first-order valence-corrected chi connectivity index (χ1v) is 8.64. The summed E-state index contributed by atoms with van der Waals surface area (Å²) in [6, 6.07) is 7.94. The maximum Gasteiger partial charge on any atom is 0.276 e. The fourth-order valence-corrected chi connectivity index (χ4v) is 3.28. The number of aryl methyl sites for hydroxylation is 1. The molecule has 7 nitrogen and oxygen atoms in total. The standard InChI is InChI=1S/C17H13FN6OS/c1-10-6-14(24-17(21-10)19-9-20-24)23-16(25)13-8-26-15(22-13)7-11-2-4-12(18)5-3-11/h2-6,8-9H,7H2,1H3,(H,23,25). The smallest absolute Gasteiger partial charge is 0.276 e. The van der Waals surface area contributed by atoms with Gasteiger partial charge in [0.1, 0.15) is 23.7 Å². The zero-order valence-corrected chi connectivity index (χ0v) is 14.5. The van der Waals surface area contributed by atoms with Crippen molar-refractivity contribution in [2.75, 3.05) is 5.32 Å². The fraction of sp³-hybridized carbons (Fsp3) is 0.118. The molecule has 9 heteroatoms. The van der Waals surface area contributed by atoms with Crippen molar-refractivity contribution in [3.05, 3.63) is 69.8 Å². The lowest BCUT2D eigenvalue weighted by molar-refractivity contribution is 0.102. The lowest BCUT2D eigenvalue weighted by Gasteiger charge is -2.06. The van der Waals surface area contributed by atoms with Gasteiger partial charge in [0.2, 0.25) is 0 Å². The highest BCUT2D eigenvalue weighted by Crippen LogP contribution is 2.17. The third-order valence-electron chi connectivity index (χ3n) is 3.67. The Morgan fingerprint density at radius 2 is 2.08 bits per heavy atom. The summed E-state index contributed by atoms with van der Waals surface area (Å²) >= 11 is 1.38. The van der Waals surface area contributed by atoms with E-state index in [1.54, 1.807) is 23.6 Å². The fourth-order valence-electron chi connectivity index (χ4n) is 2.47. The molecule has 0 spiro atoms. The summed E-state index contributed by atoms with van der Waals surface area (Å²) in [6.07, 6.45) is 1.92. The molecule has 0 aliphatic carbocycles. The molecule has 0 bridgehead atoms. The Morgan fingerprint density at radius 1 is 1.27 bits per heavy atom. The molecule has 0 radical (unpaired) electrons. The van der Waals surface area contributed by atoms with Gasteiger partial charge in [0.15, 0.2) is 0 Å². The van der Waals surface area contributed by atoms with Gasteiger partial charge >= 0.3 is 0 Å². The molecule has 0 fully saturated rings. The van der Waals surface area contributed by atoms with Crippen LogP contribution >= 0.6 is 11.3 Å². The number of halogens is 1. The van der Waals surface area contributed by atoms with Crippen LogP contribution in [-0.2, 0) is 6.42 Å². The van der Waals surface area contributed by atoms with Crippen LogP contribution in [0.1, 0.15) is 26.8 Å². The zero-order chi connectivity index (χ0) is 18.1. The van der Waals surface area contributed by atoms with Crippen molar-refractivity contribution in [1.29, 1.82) is 0 Å². The number of rotatable bonds is 4. The van der Waals surface area contributed by atoms with E-state index < -0.39 is 0 Å². The molecule has 1 aromatic carbocycles. The number of anilines is 1. The van der Waals surface area contributed by atoms with Gasteiger partial charge in [-0.2, -0.15) is 14.6 Å². The molecule has 1 N–H and O–H groups in total. The van der Waals surface area contributed by atoms with E-state index in [4.69, 9.17) is 0 Å². The van der Waals surface area contributed by atoms with Crippen molar-refractivity contribution >= 4 is 28.8 Å². The molecule has 0 unspecified atom stereocenters. The third-order valence-corrected chi connectivity index (χ3v) is 4.52. The SMILES string of the molecule is Cc1cc(NC(=O)c2csc(Cc3ccc(F)cc3)n2)n2ncnc2n1. The van der Waals surface area contributed by atoms with E-state index in [9.17, 15) is 9.18 Å². The van der Waals surface area contributed by atoms with Crippen molar-refractivity contribution in [2.24, 2.45) is 0 Å². The van der Waals surface area contributed by atoms with E-state index in [0.29, 0.717) is 23.7 Å². The number of amides is 1. The lowest BCUT2D eigenvalue weighted by atomic mass is 10.1. The second-order valence-corrected chi connectivity index (χ2v) is 6.58. The maximum absolute atomic E-state index is 13.0. The van der Waals surface area contributed by atoms with Crippen molar-refractivity contribution in [1.82, 2.24) is 24.6 Å². The lowest BCUT2D eigenvalue weighted by Crippen LogP contribution is -2.16. The van der Waals surface area contributed by atoms with Crippen LogP contribution in [0.2, 0.25) is 0 Å². The van der Waals surface area contributed by atoms with Gasteiger partial charge in [-0.1, -0.05) is 12.1 Å². The van der Waals surface area contributed by atoms with Gasteiger partial charge in [-0.05, 0) is 24.6 Å². The number of fused-ring (bicyclic) bond motifs is 1. The maximum atomic E-state index is 13.0. The molecular weight excluding hydrogens is 355 g/mol. The molecule has 0 aliphatic rings. The average Bonchev–Trinajstić information content (AvgIpc) is 3.26. The summed E-state index contributed by atoms with van der Waals surface area (Å²) in [5.74, 6) is 0.271. The number of aromatic nitrogens is 5. The van der Waals surface area contributed by atoms with Crippen LogP contribution in [0, 0.1) is 12.7 Å². The van der Waals surface area contributed by atoms with Gasteiger partial charge in [-0.3, -0.25) is 4.79 Å². The molecule has 130 valence electrons. The van der Waals surface area contributed by atoms with Crippen molar-refractivity contribution in [2.45, 2.75) is 13.3 Å². The Bertz CT molecular complexity index is 1090. The Balaban J connectivity index is 1.52. The molecule has 0 aliphatic heterocycles. The van der Waals surface area contributed by atoms with Gasteiger partial charge in [0, 0.05) is 23.6 Å². The highest BCUT2D eigenvalue weighted by molar-refractivity contribution is 7.09. The number of nitrogens with zero attached hydrogens (tertiary/aromatic N) is 5. The first-order valence-electron chi connectivity index (χ1n) is 7.76. The molecule has 3 aromatic heterocycles. The summed E-state index contributed by atoms with van der Waals surface area (Å²) < 4.78 is 14.4. The van der Waals surface area contributed by atoms with Crippen LogP contribution in [0.4, 0.5) is 10.2 Å². The van der Waals surface area contributed by atoms with Crippen LogP contribution in [0.5, 0.6) is 0 Å². The number of nitrogens with one attached hydrogen (secondary N) is 1. The highest BCUT2D eigenvalue weighted by atomic mass is 32.1. The van der Waals surface area contributed by atoms with E-state index in [1.165, 1.54) is 34.3 Å². The Kier molecular flexibility index (Phi) is 4.13. The number of hydrogen-bond acceptors (Lipinski definition) is 6. The summed E-state index contributed by atoms with van der Waals surface area (Å²) in [4.78, 5) is 25.1. The minimum Gasteiger partial charge on any atom is -0.305 e. The van der Waals surface area contributed by atoms with Gasteiger partial charge in [0.25, 0.3) is 11.7 Å². The van der Waals surface area contributed by atoms with Gasteiger partial charge in [-0.15, -0.1) is 11.3 Å². The number of thiazole rings is 1. The van der Waals surface area contributed by atoms with Crippen LogP contribution < -0.4 is 5.32 Å². The largest absolute Gasteiger partial charge is 0.305 e. The van der Waals surface area contributed by atoms with Gasteiger partial charge < -0.3 is 5.32 Å². The third kappa shape index (κ3) is 3.29. The number of benzene rings is 1. The highest BCUT2D eigenvalue weighted by Gasteiger charge is 2.14. The van der Waals surface area contributed by atoms with Crippen LogP contribution in [0.15, 0.2) is 42.0 Å². The molecule has 0 saturated heterocycles. The van der Waals surface area contributed by atoms with Crippen LogP contribution in [0.3, 0.4) is 0 Å². The first kappa shape index (κ1) is 16.3. The molecule has 4 aromatic rings. The van der Waals surface area contributed by atoms with E-state index >= 15 is 0 Å². The van der Waals surface area contributed by atoms with E-state index in [-0.39, 0.29) is 11.7 Å². The quantitative estimate of drug-likeness (QED) is 0.599. The monoisotopic (exact) mass is 368 g/mol. The molecular formula is C17H13FN6OS. The average molecular weight is 368 g/mol. The molecule has 0 saturated carbocycles. The second kappa shape index (κ2) is 6.60. The van der Waals surface area contributed by atoms with E-state index in [2.05, 4.69) is 25.4 Å². The molecule has 26 heavy (non-hydrogen) atoms. The van der Waals surface area contributed by atoms with Crippen LogP contribution in [0.25, 0.3) is 5.78 Å².